The van der Waals surface area contributed by atoms with E-state index in [4.69, 9.17) is 9.05 Å². The molecule has 0 spiro atoms. The molecule has 0 bridgehead atoms. The van der Waals surface area contributed by atoms with Crippen molar-refractivity contribution >= 4 is 13.7 Å². The maximum Gasteiger partial charge on any atom is 0.472 e. The number of phosphoric acid groups is 1. The van der Waals surface area contributed by atoms with E-state index in [9.17, 15) is 19.4 Å². The average Bonchev–Trinajstić information content (AvgIpc) is 3.23. The zero-order valence-corrected chi connectivity index (χ0v) is 43.3. The monoisotopic (exact) mass is 902 g/mol. The summed E-state index contributed by atoms with van der Waals surface area (Å²) in [5.41, 5.74) is 0. The van der Waals surface area contributed by atoms with Crippen molar-refractivity contribution in [1.82, 2.24) is 5.32 Å². The van der Waals surface area contributed by atoms with E-state index in [1.54, 1.807) is 0 Å². The van der Waals surface area contributed by atoms with Crippen LogP contribution in [0.1, 0.15) is 284 Å². The Bertz CT molecular complexity index is 978. The van der Waals surface area contributed by atoms with Crippen molar-refractivity contribution in [1.29, 1.82) is 0 Å². The smallest absolute Gasteiger partial charge is 0.391 e. The van der Waals surface area contributed by atoms with E-state index >= 15 is 0 Å². The van der Waals surface area contributed by atoms with Crippen LogP contribution in [-0.2, 0) is 18.4 Å². The number of unbranched alkanes of at least 4 members (excludes halogenated alkanes) is 38. The van der Waals surface area contributed by atoms with Gasteiger partial charge in [0.25, 0.3) is 0 Å². The fraction of sp³-hybridized carbons (Fsp3) is 0.981. The summed E-state index contributed by atoms with van der Waals surface area (Å²) < 4.78 is 23.7. The van der Waals surface area contributed by atoms with Crippen LogP contribution in [0.15, 0.2) is 0 Å². The summed E-state index contributed by atoms with van der Waals surface area (Å²) in [5.74, 6) is -0.139. The Morgan fingerprint density at radius 2 is 0.774 bits per heavy atom. The number of amides is 1. The van der Waals surface area contributed by atoms with Gasteiger partial charge in [0, 0.05) is 6.42 Å². The Morgan fingerprint density at radius 3 is 1.08 bits per heavy atom. The quantitative estimate of drug-likeness (QED) is 0.0319. The number of aliphatic hydroxyl groups is 1. The van der Waals surface area contributed by atoms with Crippen molar-refractivity contribution in [3.8, 4) is 0 Å². The number of likely N-dealkylation sites (N-methyl/N-ethyl adjacent to an activating group) is 1. The summed E-state index contributed by atoms with van der Waals surface area (Å²) >= 11 is 0. The molecule has 0 aliphatic heterocycles. The second-order valence-electron chi connectivity index (χ2n) is 20.3. The minimum atomic E-state index is -4.31. The number of phosphoric ester groups is 1. The molecule has 0 saturated carbocycles. The molecule has 8 nitrogen and oxygen atoms in total. The van der Waals surface area contributed by atoms with Crippen molar-refractivity contribution in [2.24, 2.45) is 0 Å². The van der Waals surface area contributed by atoms with Gasteiger partial charge in [-0.05, 0) is 12.8 Å². The molecule has 0 fully saturated rings. The summed E-state index contributed by atoms with van der Waals surface area (Å²) in [5, 5.41) is 14.0. The summed E-state index contributed by atoms with van der Waals surface area (Å²) in [6.45, 7) is 4.92. The number of carbonyl (C=O) groups is 1. The van der Waals surface area contributed by atoms with E-state index in [0.29, 0.717) is 23.9 Å². The van der Waals surface area contributed by atoms with Gasteiger partial charge in [-0.25, -0.2) is 4.57 Å². The molecule has 0 aliphatic carbocycles. The fourth-order valence-electron chi connectivity index (χ4n) is 8.52. The van der Waals surface area contributed by atoms with Crippen molar-refractivity contribution in [3.63, 3.8) is 0 Å². The molecule has 0 saturated heterocycles. The van der Waals surface area contributed by atoms with Crippen LogP contribution in [0.2, 0.25) is 0 Å². The summed E-state index contributed by atoms with van der Waals surface area (Å²) in [6.07, 6.45) is 53.1. The van der Waals surface area contributed by atoms with Crippen LogP contribution in [0.5, 0.6) is 0 Å². The van der Waals surface area contributed by atoms with Crippen LogP contribution >= 0.6 is 7.82 Å². The molecule has 1 amide bonds. The third-order valence-corrected chi connectivity index (χ3v) is 13.8. The maximum absolute atomic E-state index is 12.9. The molecule has 0 heterocycles. The SMILES string of the molecule is CCCCCCCCCCCCCCCCCCCCCCCCCCCCCCCC(=O)N[C@@H](COP(=O)(O)OCC[N+](C)(C)C)[C@H](O)CCCCCCCCCCCCC. The Morgan fingerprint density at radius 1 is 0.484 bits per heavy atom. The van der Waals surface area contributed by atoms with Crippen LogP contribution in [0.3, 0.4) is 0 Å². The van der Waals surface area contributed by atoms with Gasteiger partial charge < -0.3 is 19.8 Å². The van der Waals surface area contributed by atoms with Crippen molar-refractivity contribution in [2.45, 2.75) is 296 Å². The fourth-order valence-corrected chi connectivity index (χ4v) is 9.26. The van der Waals surface area contributed by atoms with Crippen molar-refractivity contribution in [3.05, 3.63) is 0 Å². The van der Waals surface area contributed by atoms with E-state index in [1.807, 2.05) is 21.1 Å². The predicted octanol–water partition coefficient (Wildman–Crippen LogP) is 16.1. The highest BCUT2D eigenvalue weighted by Gasteiger charge is 2.28. The highest BCUT2D eigenvalue weighted by atomic mass is 31.2. The molecule has 0 radical (unpaired) electrons. The minimum Gasteiger partial charge on any atom is -0.391 e. The number of hydrogen-bond donors (Lipinski definition) is 3. The van der Waals surface area contributed by atoms with Crippen LogP contribution < -0.4 is 5.32 Å². The third-order valence-electron chi connectivity index (χ3n) is 12.9. The highest BCUT2D eigenvalue weighted by Crippen LogP contribution is 2.43. The molecule has 372 valence electrons. The molecule has 3 atom stereocenters. The first-order chi connectivity index (χ1) is 30.0. The first-order valence-electron chi connectivity index (χ1n) is 27.4. The number of nitrogens with one attached hydrogen (secondary N) is 1. The van der Waals surface area contributed by atoms with Gasteiger partial charge in [-0.2, -0.15) is 0 Å². The number of quaternary nitrogens is 1. The molecule has 0 rings (SSSR count). The topological polar surface area (TPSA) is 105 Å². The lowest BCUT2D eigenvalue weighted by Crippen LogP contribution is -2.46. The second kappa shape index (κ2) is 45.6. The number of rotatable bonds is 51. The van der Waals surface area contributed by atoms with E-state index in [1.165, 1.54) is 218 Å². The molecular weight excluding hydrogens is 792 g/mol. The van der Waals surface area contributed by atoms with Gasteiger partial charge >= 0.3 is 7.82 Å². The molecule has 3 N–H and O–H groups in total. The largest absolute Gasteiger partial charge is 0.472 e. The molecule has 0 aromatic rings. The highest BCUT2D eigenvalue weighted by molar-refractivity contribution is 7.47. The Labute approximate surface area is 387 Å². The van der Waals surface area contributed by atoms with Crippen LogP contribution in [0, 0.1) is 0 Å². The molecular formula is C53H110N2O6P+. The van der Waals surface area contributed by atoms with Gasteiger partial charge in [0.05, 0.1) is 39.9 Å². The lowest BCUT2D eigenvalue weighted by atomic mass is 10.0. The Kier molecular flexibility index (Phi) is 45.3. The number of carbonyl (C=O) groups excluding carboxylic acids is 1. The van der Waals surface area contributed by atoms with Crippen LogP contribution in [0.25, 0.3) is 0 Å². The maximum atomic E-state index is 12.9. The van der Waals surface area contributed by atoms with Gasteiger partial charge in [-0.15, -0.1) is 0 Å². The van der Waals surface area contributed by atoms with Gasteiger partial charge in [0.1, 0.15) is 13.2 Å². The number of nitrogens with zero attached hydrogens (tertiary/aromatic N) is 1. The zero-order valence-electron chi connectivity index (χ0n) is 42.4. The van der Waals surface area contributed by atoms with Gasteiger partial charge in [-0.1, -0.05) is 264 Å². The van der Waals surface area contributed by atoms with Crippen molar-refractivity contribution < 1.29 is 32.9 Å². The third kappa shape index (κ3) is 47.5. The molecule has 9 heteroatoms. The normalized spacial score (nSPS) is 14.0. The van der Waals surface area contributed by atoms with Crippen molar-refractivity contribution in [2.75, 3.05) is 40.9 Å². The van der Waals surface area contributed by atoms with E-state index in [-0.39, 0.29) is 19.1 Å². The van der Waals surface area contributed by atoms with Crippen LogP contribution in [0.4, 0.5) is 0 Å². The summed E-state index contributed by atoms with van der Waals surface area (Å²) in [4.78, 5) is 23.2. The predicted molar refractivity (Wildman–Crippen MR) is 268 cm³/mol. The molecule has 0 aromatic carbocycles. The average molecular weight is 902 g/mol. The molecule has 0 aromatic heterocycles. The van der Waals surface area contributed by atoms with E-state index < -0.39 is 20.0 Å². The van der Waals surface area contributed by atoms with Gasteiger partial charge in [0.2, 0.25) is 5.91 Å². The standard InChI is InChI=1S/C53H109N2O6P/c1-6-8-10-12-14-16-18-19-20-21-22-23-24-25-26-27-28-29-30-31-32-33-34-35-37-39-41-43-45-47-53(57)54-51(50-61-62(58,59)60-49-48-55(3,4)5)52(56)46-44-42-40-38-36-17-15-13-11-9-7-2/h51-52,56H,6-50H2,1-5H3,(H-,54,57,58,59)/p+1/t51-,52+/m0/s1. The lowest BCUT2D eigenvalue weighted by Gasteiger charge is -2.26. The zero-order chi connectivity index (χ0) is 45.7. The summed E-state index contributed by atoms with van der Waals surface area (Å²) in [7, 11) is 1.63. The Balaban J connectivity index is 3.96. The molecule has 1 unspecified atom stereocenters. The minimum absolute atomic E-state index is 0.0786. The van der Waals surface area contributed by atoms with E-state index in [2.05, 4.69) is 19.2 Å². The van der Waals surface area contributed by atoms with Gasteiger partial charge in [-0.3, -0.25) is 13.8 Å². The second-order valence-corrected chi connectivity index (χ2v) is 21.8. The van der Waals surface area contributed by atoms with Crippen LogP contribution in [-0.4, -0.2) is 73.4 Å². The first kappa shape index (κ1) is 61.5. The van der Waals surface area contributed by atoms with Gasteiger partial charge in [0.15, 0.2) is 0 Å². The summed E-state index contributed by atoms with van der Waals surface area (Å²) in [6, 6.07) is -0.753. The number of hydrogen-bond acceptors (Lipinski definition) is 5. The molecule has 0 aliphatic rings. The lowest BCUT2D eigenvalue weighted by molar-refractivity contribution is -0.870. The Hall–Kier alpha value is -0.500. The van der Waals surface area contributed by atoms with E-state index in [0.717, 1.165) is 38.5 Å². The molecule has 62 heavy (non-hydrogen) atoms. The number of aliphatic hydroxyl groups excluding tert-OH is 1. The first-order valence-corrected chi connectivity index (χ1v) is 28.9.